The van der Waals surface area contributed by atoms with Gasteiger partial charge in [-0.2, -0.15) is 45.5 Å². The summed E-state index contributed by atoms with van der Waals surface area (Å²) in [6, 6.07) is 8.81. The minimum absolute atomic E-state index is 0. The molecule has 0 aromatic heterocycles. The molecule has 0 nitrogen and oxygen atoms in total. The monoisotopic (exact) mass is 395 g/mol. The van der Waals surface area contributed by atoms with E-state index in [1.165, 1.54) is 33.4 Å². The zero-order valence-corrected chi connectivity index (χ0v) is 19.0. The molecule has 22 heavy (non-hydrogen) atoms. The van der Waals surface area contributed by atoms with E-state index in [0.29, 0.717) is 0 Å². The van der Waals surface area contributed by atoms with Gasteiger partial charge in [-0.25, -0.2) is 12.1 Å². The molecule has 1 radical (unpaired) electrons. The summed E-state index contributed by atoms with van der Waals surface area (Å²) in [5.74, 6) is 0. The predicted octanol–water partition coefficient (Wildman–Crippen LogP) is -0.814. The van der Waals surface area contributed by atoms with Gasteiger partial charge in [0.2, 0.25) is 0 Å². The second-order valence-electron chi connectivity index (χ2n) is 5.37. The maximum Gasteiger partial charge on any atom is 4.00 e. The Balaban J connectivity index is -0.000000112. The molecule has 2 aromatic carbocycles. The van der Waals surface area contributed by atoms with Crippen molar-refractivity contribution in [3.63, 3.8) is 0 Å². The molecule has 0 heterocycles. The molecule has 0 atom stereocenters. The largest absolute Gasteiger partial charge is 4.00 e. The van der Waals surface area contributed by atoms with E-state index in [-0.39, 0.29) is 42.2 Å². The van der Waals surface area contributed by atoms with E-state index < -0.39 is 0 Å². The minimum atomic E-state index is 0. The van der Waals surface area contributed by atoms with Gasteiger partial charge >= 0.3 is 17.4 Å². The van der Waals surface area contributed by atoms with Gasteiger partial charge in [0.25, 0.3) is 0 Å². The third kappa shape index (κ3) is 12.6. The standard InChI is InChI=1S/2C8H11.C2H7Si.2ClH.Cr/c2*1-6-4-7(2)8(3)5-6;1-3-2;;;/h2*4-5H,1-3H3;3H,1-2H3;2*1H;/q2*-1;;;;+4/p-2. The number of rotatable bonds is 0. The molecule has 0 unspecified atom stereocenters. The van der Waals surface area contributed by atoms with E-state index in [1.54, 1.807) is 0 Å². The van der Waals surface area contributed by atoms with Gasteiger partial charge in [-0.3, -0.25) is 0 Å². The Morgan fingerprint density at radius 2 is 0.909 bits per heavy atom. The molecule has 125 valence electrons. The average molecular weight is 396 g/mol. The third-order valence-electron chi connectivity index (χ3n) is 3.02. The number of halogens is 2. The molecule has 2 aromatic rings. The fourth-order valence-corrected chi connectivity index (χ4v) is 1.90. The first kappa shape index (κ1) is 30.0. The number of hydrogen-bond acceptors (Lipinski definition) is 0. The van der Waals surface area contributed by atoms with Crippen molar-refractivity contribution < 1.29 is 42.2 Å². The SMILES string of the molecule is C[SiH]C.Cc1cc(C)c(C)[cH-]1.Cc1cc(C)c(C)[cH-]1.[Cl-].[Cl-].[Cr+4]. The Kier molecular flexibility index (Phi) is 21.7. The quantitative estimate of drug-likeness (QED) is 0.404. The van der Waals surface area contributed by atoms with E-state index in [2.05, 4.69) is 78.9 Å². The molecule has 0 spiro atoms. The Bertz CT molecular complexity index is 404. The van der Waals surface area contributed by atoms with Gasteiger partial charge < -0.3 is 24.8 Å². The molecule has 0 saturated carbocycles. The summed E-state index contributed by atoms with van der Waals surface area (Å²) in [6.45, 7) is 17.2. The molecule has 0 amide bonds. The summed E-state index contributed by atoms with van der Waals surface area (Å²) in [4.78, 5) is 0. The van der Waals surface area contributed by atoms with Crippen LogP contribution in [0.2, 0.25) is 13.1 Å². The van der Waals surface area contributed by atoms with Crippen molar-refractivity contribution in [2.45, 2.75) is 54.6 Å². The summed E-state index contributed by atoms with van der Waals surface area (Å²) < 4.78 is 0. The predicted molar refractivity (Wildman–Crippen MR) is 91.4 cm³/mol. The van der Waals surface area contributed by atoms with Crippen LogP contribution in [0.1, 0.15) is 33.4 Å². The molecule has 0 aliphatic heterocycles. The first-order chi connectivity index (χ1) is 8.81. The topological polar surface area (TPSA) is 0 Å². The zero-order chi connectivity index (χ0) is 15.0. The van der Waals surface area contributed by atoms with Crippen LogP contribution in [-0.2, 0) is 17.4 Å². The molecule has 0 N–H and O–H groups in total. The fraction of sp³-hybridized carbons (Fsp3) is 0.444. The Labute approximate surface area is 163 Å². The van der Waals surface area contributed by atoms with Crippen molar-refractivity contribution >= 4 is 9.52 Å². The van der Waals surface area contributed by atoms with E-state index in [4.69, 9.17) is 0 Å². The first-order valence-corrected chi connectivity index (χ1v) is 9.27. The van der Waals surface area contributed by atoms with E-state index in [9.17, 15) is 0 Å². The molecular formula is C18H29Cl2CrSi. The van der Waals surface area contributed by atoms with Gasteiger partial charge in [0, 0.05) is 9.52 Å². The molecule has 0 fully saturated rings. The summed E-state index contributed by atoms with van der Waals surface area (Å²) in [5, 5.41) is 0. The second kappa shape index (κ2) is 15.9. The van der Waals surface area contributed by atoms with Gasteiger partial charge in [0.1, 0.15) is 0 Å². The maximum absolute atomic E-state index is 2.21. The van der Waals surface area contributed by atoms with Crippen LogP contribution in [0.25, 0.3) is 0 Å². The van der Waals surface area contributed by atoms with Crippen molar-refractivity contribution in [3.05, 3.63) is 57.6 Å². The van der Waals surface area contributed by atoms with Crippen molar-refractivity contribution in [2.24, 2.45) is 0 Å². The van der Waals surface area contributed by atoms with Gasteiger partial charge in [-0.1, -0.05) is 54.6 Å². The van der Waals surface area contributed by atoms with Crippen LogP contribution >= 0.6 is 0 Å². The van der Waals surface area contributed by atoms with Crippen molar-refractivity contribution in [3.8, 4) is 0 Å². The summed E-state index contributed by atoms with van der Waals surface area (Å²) in [7, 11) is 0.750. The maximum atomic E-state index is 2.21. The third-order valence-corrected chi connectivity index (χ3v) is 3.02. The van der Waals surface area contributed by atoms with Gasteiger partial charge in [0.15, 0.2) is 0 Å². The molecule has 0 saturated heterocycles. The van der Waals surface area contributed by atoms with Crippen LogP contribution in [-0.4, -0.2) is 9.52 Å². The van der Waals surface area contributed by atoms with Gasteiger partial charge in [-0.15, -0.1) is 0 Å². The first-order valence-electron chi connectivity index (χ1n) is 6.96. The molecule has 0 aliphatic carbocycles. The Hall–Kier alpha value is 0.0294. The number of hydrogen-bond donors (Lipinski definition) is 0. The fourth-order valence-electron chi connectivity index (χ4n) is 1.90. The van der Waals surface area contributed by atoms with Gasteiger partial charge in [-0.05, 0) is 0 Å². The van der Waals surface area contributed by atoms with Crippen molar-refractivity contribution in [1.82, 2.24) is 0 Å². The van der Waals surface area contributed by atoms with Crippen LogP contribution in [0.4, 0.5) is 0 Å². The molecule has 0 aliphatic rings. The second-order valence-corrected chi connectivity index (χ2v) is 6.53. The van der Waals surface area contributed by atoms with E-state index >= 15 is 0 Å². The summed E-state index contributed by atoms with van der Waals surface area (Å²) in [6.07, 6.45) is 0. The van der Waals surface area contributed by atoms with E-state index in [1.807, 2.05) is 0 Å². The smallest absolute Gasteiger partial charge is 1.00 e. The van der Waals surface area contributed by atoms with Crippen LogP contribution in [0, 0.1) is 41.5 Å². The van der Waals surface area contributed by atoms with Crippen LogP contribution < -0.4 is 24.8 Å². The van der Waals surface area contributed by atoms with Crippen LogP contribution in [0.5, 0.6) is 0 Å². The Morgan fingerprint density at radius 3 is 0.955 bits per heavy atom. The molecule has 0 bridgehead atoms. The van der Waals surface area contributed by atoms with Crippen LogP contribution in [0.3, 0.4) is 0 Å². The minimum Gasteiger partial charge on any atom is -1.00 e. The Morgan fingerprint density at radius 1 is 0.682 bits per heavy atom. The molecular weight excluding hydrogens is 367 g/mol. The number of aryl methyl sites for hydroxylation is 6. The summed E-state index contributed by atoms with van der Waals surface area (Å²) >= 11 is 0. The van der Waals surface area contributed by atoms with Gasteiger partial charge in [0.05, 0.1) is 0 Å². The van der Waals surface area contributed by atoms with Crippen molar-refractivity contribution in [1.29, 1.82) is 0 Å². The van der Waals surface area contributed by atoms with E-state index in [0.717, 1.165) is 9.52 Å². The normalized spacial score (nSPS) is 8.00. The summed E-state index contributed by atoms with van der Waals surface area (Å²) in [5.41, 5.74) is 8.37. The van der Waals surface area contributed by atoms with Crippen LogP contribution in [0.15, 0.2) is 24.3 Å². The molecule has 4 heteroatoms. The average Bonchev–Trinajstić information content (AvgIpc) is 2.72. The molecule has 2 rings (SSSR count). The zero-order valence-electron chi connectivity index (χ0n) is 15.1. The van der Waals surface area contributed by atoms with Crippen molar-refractivity contribution in [2.75, 3.05) is 0 Å².